The summed E-state index contributed by atoms with van der Waals surface area (Å²) < 4.78 is 73.1. The fourth-order valence-corrected chi connectivity index (χ4v) is 4.07. The van der Waals surface area contributed by atoms with E-state index in [1.807, 2.05) is 6.26 Å². The lowest BCUT2D eigenvalue weighted by Crippen LogP contribution is -2.14. The van der Waals surface area contributed by atoms with E-state index in [0.717, 1.165) is 11.0 Å². The Hall–Kier alpha value is -2.43. The van der Waals surface area contributed by atoms with Crippen molar-refractivity contribution in [2.24, 2.45) is 0 Å². The average Bonchev–Trinajstić information content (AvgIpc) is 2.68. The van der Waals surface area contributed by atoms with Crippen molar-refractivity contribution in [3.05, 3.63) is 71.5 Å². The van der Waals surface area contributed by atoms with Crippen LogP contribution in [-0.2, 0) is 16.2 Å². The zero-order chi connectivity index (χ0) is 21.9. The van der Waals surface area contributed by atoms with Gasteiger partial charge in [-0.2, -0.15) is 13.2 Å². The average molecular weight is 475 g/mol. The molecule has 0 aliphatic carbocycles. The van der Waals surface area contributed by atoms with Crippen LogP contribution in [0.25, 0.3) is 0 Å². The number of halogens is 4. The van der Waals surface area contributed by atoms with E-state index in [2.05, 4.69) is 9.71 Å². The fraction of sp³-hybridized carbons (Fsp3) is 0.105. The Bertz CT molecular complexity index is 1150. The van der Waals surface area contributed by atoms with Crippen LogP contribution in [0, 0.1) is 0 Å². The standard InChI is InChI=1S/C19H14ClF3N2O3S2/c1-29-15-3-5-16(6-4-15)30(26,27)25-13-2-7-18(17(9-13)19(21,22)23)28-14-8-12(20)10-24-11-14/h2-11,25H,1H3. The second-order valence-electron chi connectivity index (χ2n) is 5.93. The summed E-state index contributed by atoms with van der Waals surface area (Å²) in [5.74, 6) is -0.506. The maximum Gasteiger partial charge on any atom is 0.420 e. The van der Waals surface area contributed by atoms with Gasteiger partial charge in [-0.25, -0.2) is 8.42 Å². The molecule has 5 nitrogen and oxygen atoms in total. The first-order valence-corrected chi connectivity index (χ1v) is 11.3. The molecule has 0 aliphatic heterocycles. The lowest BCUT2D eigenvalue weighted by molar-refractivity contribution is -0.138. The predicted molar refractivity (Wildman–Crippen MR) is 110 cm³/mol. The Balaban J connectivity index is 1.92. The number of anilines is 1. The number of alkyl halides is 3. The van der Waals surface area contributed by atoms with E-state index in [1.165, 1.54) is 48.4 Å². The van der Waals surface area contributed by atoms with Crippen LogP contribution in [0.1, 0.15) is 5.56 Å². The van der Waals surface area contributed by atoms with E-state index in [4.69, 9.17) is 16.3 Å². The minimum atomic E-state index is -4.79. The molecule has 0 unspecified atom stereocenters. The van der Waals surface area contributed by atoms with Crippen molar-refractivity contribution < 1.29 is 26.3 Å². The molecule has 0 amide bonds. The summed E-state index contributed by atoms with van der Waals surface area (Å²) in [5, 5.41) is 0.193. The molecule has 158 valence electrons. The maximum atomic E-state index is 13.5. The summed E-state index contributed by atoms with van der Waals surface area (Å²) in [7, 11) is -4.07. The molecular formula is C19H14ClF3N2O3S2. The van der Waals surface area contributed by atoms with Crippen molar-refractivity contribution in [1.82, 2.24) is 4.98 Å². The monoisotopic (exact) mass is 474 g/mol. The van der Waals surface area contributed by atoms with Gasteiger partial charge in [-0.05, 0) is 48.7 Å². The molecule has 0 radical (unpaired) electrons. The minimum Gasteiger partial charge on any atom is -0.455 e. The number of pyridine rings is 1. The van der Waals surface area contributed by atoms with Gasteiger partial charge < -0.3 is 4.74 Å². The zero-order valence-electron chi connectivity index (χ0n) is 15.3. The van der Waals surface area contributed by atoms with Crippen molar-refractivity contribution in [2.45, 2.75) is 16.0 Å². The zero-order valence-corrected chi connectivity index (χ0v) is 17.7. The molecule has 11 heteroatoms. The van der Waals surface area contributed by atoms with Crippen LogP contribution < -0.4 is 9.46 Å². The summed E-state index contributed by atoms with van der Waals surface area (Å²) in [5.41, 5.74) is -1.41. The van der Waals surface area contributed by atoms with Gasteiger partial charge in [-0.3, -0.25) is 9.71 Å². The van der Waals surface area contributed by atoms with Gasteiger partial charge >= 0.3 is 6.18 Å². The first-order valence-electron chi connectivity index (χ1n) is 8.25. The highest BCUT2D eigenvalue weighted by molar-refractivity contribution is 7.98. The molecule has 0 spiro atoms. The van der Waals surface area contributed by atoms with Crippen molar-refractivity contribution in [2.75, 3.05) is 11.0 Å². The molecule has 0 atom stereocenters. The molecule has 0 bridgehead atoms. The predicted octanol–water partition coefficient (Wildman–Crippen LogP) is 6.07. The second-order valence-corrected chi connectivity index (χ2v) is 8.93. The molecular weight excluding hydrogens is 461 g/mol. The molecule has 2 aromatic carbocycles. The van der Waals surface area contributed by atoms with Crippen molar-refractivity contribution in [1.29, 1.82) is 0 Å². The van der Waals surface area contributed by atoms with Crippen molar-refractivity contribution in [3.63, 3.8) is 0 Å². The number of ether oxygens (including phenoxy) is 1. The highest BCUT2D eigenvalue weighted by Crippen LogP contribution is 2.40. The second kappa shape index (κ2) is 8.75. The molecule has 0 saturated heterocycles. The molecule has 1 N–H and O–H groups in total. The summed E-state index contributed by atoms with van der Waals surface area (Å²) in [6.07, 6.45) is -0.435. The number of nitrogens with one attached hydrogen (secondary N) is 1. The first kappa shape index (κ1) is 22.3. The number of nitrogens with zero attached hydrogens (tertiary/aromatic N) is 1. The van der Waals surface area contributed by atoms with Gasteiger partial charge in [0.05, 0.1) is 16.1 Å². The summed E-state index contributed by atoms with van der Waals surface area (Å²) in [4.78, 5) is 4.53. The van der Waals surface area contributed by atoms with E-state index < -0.39 is 27.5 Å². The number of benzene rings is 2. The summed E-state index contributed by atoms with van der Waals surface area (Å²) >= 11 is 7.21. The lowest BCUT2D eigenvalue weighted by atomic mass is 10.1. The Morgan fingerprint density at radius 3 is 2.37 bits per heavy atom. The third kappa shape index (κ3) is 5.38. The van der Waals surface area contributed by atoms with E-state index >= 15 is 0 Å². The molecule has 3 rings (SSSR count). The Morgan fingerprint density at radius 2 is 1.77 bits per heavy atom. The normalized spacial score (nSPS) is 11.9. The van der Waals surface area contributed by atoms with Gasteiger partial charge in [0, 0.05) is 22.8 Å². The number of aromatic nitrogens is 1. The highest BCUT2D eigenvalue weighted by Gasteiger charge is 2.35. The van der Waals surface area contributed by atoms with E-state index in [-0.39, 0.29) is 21.4 Å². The molecule has 1 heterocycles. The highest BCUT2D eigenvalue weighted by atomic mass is 35.5. The Morgan fingerprint density at radius 1 is 1.07 bits per heavy atom. The van der Waals surface area contributed by atoms with Gasteiger partial charge in [-0.15, -0.1) is 11.8 Å². The van der Waals surface area contributed by atoms with Gasteiger partial charge in [-0.1, -0.05) is 11.6 Å². The van der Waals surface area contributed by atoms with Crippen LogP contribution in [-0.4, -0.2) is 19.7 Å². The molecule has 0 saturated carbocycles. The van der Waals surface area contributed by atoms with Crippen LogP contribution in [0.2, 0.25) is 5.02 Å². The quantitative estimate of drug-likeness (QED) is 0.439. The molecule has 0 fully saturated rings. The van der Waals surface area contributed by atoms with Crippen LogP contribution >= 0.6 is 23.4 Å². The number of hydrogen-bond acceptors (Lipinski definition) is 5. The van der Waals surface area contributed by atoms with Crippen LogP contribution in [0.4, 0.5) is 18.9 Å². The topological polar surface area (TPSA) is 68.3 Å². The van der Waals surface area contributed by atoms with Crippen molar-refractivity contribution in [3.8, 4) is 11.5 Å². The minimum absolute atomic E-state index is 0.00946. The largest absolute Gasteiger partial charge is 0.455 e. The van der Waals surface area contributed by atoms with Crippen LogP contribution in [0.5, 0.6) is 11.5 Å². The molecule has 0 aliphatic rings. The van der Waals surface area contributed by atoms with Crippen LogP contribution in [0.3, 0.4) is 0 Å². The molecule has 30 heavy (non-hydrogen) atoms. The number of thioether (sulfide) groups is 1. The fourth-order valence-electron chi connectivity index (χ4n) is 2.45. The summed E-state index contributed by atoms with van der Waals surface area (Å²) in [6.45, 7) is 0. The lowest BCUT2D eigenvalue weighted by Gasteiger charge is -2.16. The van der Waals surface area contributed by atoms with E-state index in [0.29, 0.717) is 6.07 Å². The molecule has 1 aromatic heterocycles. The molecule has 3 aromatic rings. The Kier molecular flexibility index (Phi) is 6.49. The smallest absolute Gasteiger partial charge is 0.420 e. The number of hydrogen-bond donors (Lipinski definition) is 1. The van der Waals surface area contributed by atoms with E-state index in [9.17, 15) is 21.6 Å². The van der Waals surface area contributed by atoms with Gasteiger partial charge in [0.15, 0.2) is 0 Å². The Labute approximate surface area is 180 Å². The number of sulfonamides is 1. The van der Waals surface area contributed by atoms with Crippen LogP contribution in [0.15, 0.2) is 70.7 Å². The van der Waals surface area contributed by atoms with Gasteiger partial charge in [0.25, 0.3) is 10.0 Å². The van der Waals surface area contributed by atoms with Gasteiger partial charge in [0.2, 0.25) is 0 Å². The van der Waals surface area contributed by atoms with Gasteiger partial charge in [0.1, 0.15) is 17.1 Å². The SMILES string of the molecule is CSc1ccc(S(=O)(=O)Nc2ccc(Oc3cncc(Cl)c3)c(C(F)(F)F)c2)cc1. The summed E-state index contributed by atoms with van der Waals surface area (Å²) in [6, 6.07) is 10.1. The third-order valence-corrected chi connectivity index (χ3v) is 6.16. The third-order valence-electron chi connectivity index (χ3n) is 3.81. The maximum absolute atomic E-state index is 13.5. The van der Waals surface area contributed by atoms with E-state index in [1.54, 1.807) is 12.1 Å². The van der Waals surface area contributed by atoms with Crippen molar-refractivity contribution >= 4 is 39.1 Å². The number of rotatable bonds is 6. The first-order chi connectivity index (χ1) is 14.1.